The Kier molecular flexibility index (Phi) is 4.74. The molecule has 1 amide bonds. The molecule has 1 N–H and O–H groups in total. The number of carbonyl (C=O) groups excluding carboxylic acids is 1. The monoisotopic (exact) mass is 337 g/mol. The molecular formula is C15H13BrFNO2. The Bertz CT molecular complexity index is 631. The topological polar surface area (TPSA) is 38.3 Å². The van der Waals surface area contributed by atoms with Crippen LogP contribution in [-0.2, 0) is 6.54 Å². The molecule has 0 atom stereocenters. The smallest absolute Gasteiger partial charge is 0.251 e. The van der Waals surface area contributed by atoms with Crippen LogP contribution in [0.5, 0.6) is 5.75 Å². The molecule has 2 aromatic rings. The minimum Gasteiger partial charge on any atom is -0.497 e. The van der Waals surface area contributed by atoms with Crippen LogP contribution in [0.1, 0.15) is 15.9 Å². The first-order chi connectivity index (χ1) is 9.60. The maximum Gasteiger partial charge on any atom is 0.251 e. The standard InChI is InChI=1S/C15H13BrFNO2/c1-20-13-4-2-3-10(8-13)15(19)18-9-11-7-12(16)5-6-14(11)17/h2-8H,9H2,1H3,(H,18,19). The third kappa shape index (κ3) is 3.57. The number of ether oxygens (including phenoxy) is 1. The molecule has 0 aliphatic carbocycles. The van der Waals surface area contributed by atoms with Crippen LogP contribution in [0.15, 0.2) is 46.9 Å². The second kappa shape index (κ2) is 6.52. The van der Waals surface area contributed by atoms with Crippen LogP contribution < -0.4 is 10.1 Å². The Hall–Kier alpha value is -1.88. The fourth-order valence-corrected chi connectivity index (χ4v) is 2.13. The first-order valence-corrected chi connectivity index (χ1v) is 6.75. The average Bonchev–Trinajstić information content (AvgIpc) is 2.48. The summed E-state index contributed by atoms with van der Waals surface area (Å²) >= 11 is 3.27. The predicted molar refractivity (Wildman–Crippen MR) is 78.3 cm³/mol. The number of carbonyl (C=O) groups is 1. The second-order valence-electron chi connectivity index (χ2n) is 4.15. The third-order valence-corrected chi connectivity index (χ3v) is 3.27. The van der Waals surface area contributed by atoms with E-state index in [1.54, 1.807) is 36.4 Å². The lowest BCUT2D eigenvalue weighted by molar-refractivity contribution is 0.0950. The average molecular weight is 338 g/mol. The first-order valence-electron chi connectivity index (χ1n) is 5.96. The van der Waals surface area contributed by atoms with Crippen molar-refractivity contribution in [2.24, 2.45) is 0 Å². The SMILES string of the molecule is COc1cccc(C(=O)NCc2cc(Br)ccc2F)c1. The van der Waals surface area contributed by atoms with E-state index in [9.17, 15) is 9.18 Å². The van der Waals surface area contributed by atoms with Gasteiger partial charge in [0.15, 0.2) is 0 Å². The van der Waals surface area contributed by atoms with E-state index in [4.69, 9.17) is 4.74 Å². The molecule has 104 valence electrons. The summed E-state index contributed by atoms with van der Waals surface area (Å²) in [4.78, 5) is 12.0. The van der Waals surface area contributed by atoms with Gasteiger partial charge in [0.2, 0.25) is 0 Å². The van der Waals surface area contributed by atoms with Gasteiger partial charge < -0.3 is 10.1 Å². The molecule has 5 heteroatoms. The Morgan fingerprint density at radius 3 is 2.85 bits per heavy atom. The van der Waals surface area contributed by atoms with Crippen molar-refractivity contribution in [1.29, 1.82) is 0 Å². The lowest BCUT2D eigenvalue weighted by Crippen LogP contribution is -2.23. The van der Waals surface area contributed by atoms with Gasteiger partial charge in [-0.05, 0) is 36.4 Å². The highest BCUT2D eigenvalue weighted by Crippen LogP contribution is 2.16. The maximum atomic E-state index is 13.5. The van der Waals surface area contributed by atoms with Gasteiger partial charge in [-0.25, -0.2) is 4.39 Å². The number of benzene rings is 2. The third-order valence-electron chi connectivity index (χ3n) is 2.78. The minimum absolute atomic E-state index is 0.126. The van der Waals surface area contributed by atoms with Crippen molar-refractivity contribution in [2.45, 2.75) is 6.54 Å². The van der Waals surface area contributed by atoms with Crippen molar-refractivity contribution in [3.05, 3.63) is 63.9 Å². The van der Waals surface area contributed by atoms with Gasteiger partial charge in [-0.3, -0.25) is 4.79 Å². The summed E-state index contributed by atoms with van der Waals surface area (Å²) in [5.74, 6) is -0.0197. The van der Waals surface area contributed by atoms with Gasteiger partial charge in [-0.2, -0.15) is 0 Å². The van der Waals surface area contributed by atoms with Crippen LogP contribution in [0.4, 0.5) is 4.39 Å². The summed E-state index contributed by atoms with van der Waals surface area (Å²) in [6, 6.07) is 11.4. The van der Waals surface area contributed by atoms with Gasteiger partial charge in [0.05, 0.1) is 7.11 Å². The molecule has 0 spiro atoms. The lowest BCUT2D eigenvalue weighted by Gasteiger charge is -2.08. The number of hydrogen-bond donors (Lipinski definition) is 1. The molecule has 0 aliphatic heterocycles. The van der Waals surface area contributed by atoms with Crippen LogP contribution in [0, 0.1) is 5.82 Å². The fourth-order valence-electron chi connectivity index (χ4n) is 1.72. The van der Waals surface area contributed by atoms with E-state index >= 15 is 0 Å². The predicted octanol–water partition coefficient (Wildman–Crippen LogP) is 3.53. The van der Waals surface area contributed by atoms with Crippen LogP contribution in [0.3, 0.4) is 0 Å². The van der Waals surface area contributed by atoms with Crippen molar-refractivity contribution < 1.29 is 13.9 Å². The number of methoxy groups -OCH3 is 1. The molecule has 0 saturated heterocycles. The Labute approximate surface area is 124 Å². The quantitative estimate of drug-likeness (QED) is 0.926. The van der Waals surface area contributed by atoms with E-state index in [0.717, 1.165) is 4.47 Å². The zero-order chi connectivity index (χ0) is 14.5. The molecule has 0 unspecified atom stereocenters. The molecule has 0 fully saturated rings. The molecule has 0 radical (unpaired) electrons. The molecule has 0 bridgehead atoms. The normalized spacial score (nSPS) is 10.2. The fraction of sp³-hybridized carbons (Fsp3) is 0.133. The van der Waals surface area contributed by atoms with Gasteiger partial charge in [0, 0.05) is 22.1 Å². The van der Waals surface area contributed by atoms with Gasteiger partial charge in [-0.1, -0.05) is 22.0 Å². The molecule has 2 aromatic carbocycles. The second-order valence-corrected chi connectivity index (χ2v) is 5.07. The molecule has 0 saturated carbocycles. The minimum atomic E-state index is -0.348. The number of halogens is 2. The summed E-state index contributed by atoms with van der Waals surface area (Å²) in [7, 11) is 1.54. The van der Waals surface area contributed by atoms with Crippen LogP contribution in [0.2, 0.25) is 0 Å². The van der Waals surface area contributed by atoms with Crippen molar-refractivity contribution in [2.75, 3.05) is 7.11 Å². The summed E-state index contributed by atoms with van der Waals surface area (Å²) in [6.45, 7) is 0.126. The van der Waals surface area contributed by atoms with Gasteiger partial charge in [0.1, 0.15) is 11.6 Å². The lowest BCUT2D eigenvalue weighted by atomic mass is 10.2. The summed E-state index contributed by atoms with van der Waals surface area (Å²) < 4.78 is 19.4. The Morgan fingerprint density at radius 2 is 2.10 bits per heavy atom. The van der Waals surface area contributed by atoms with Gasteiger partial charge >= 0.3 is 0 Å². The molecule has 0 aromatic heterocycles. The van der Waals surface area contributed by atoms with Crippen LogP contribution in [-0.4, -0.2) is 13.0 Å². The number of nitrogens with one attached hydrogen (secondary N) is 1. The van der Waals surface area contributed by atoms with E-state index in [-0.39, 0.29) is 18.3 Å². The van der Waals surface area contributed by atoms with Crippen LogP contribution in [0.25, 0.3) is 0 Å². The molecule has 0 aliphatic rings. The highest BCUT2D eigenvalue weighted by molar-refractivity contribution is 9.10. The largest absolute Gasteiger partial charge is 0.497 e. The van der Waals surface area contributed by atoms with Gasteiger partial charge in [0.25, 0.3) is 5.91 Å². The molecule has 20 heavy (non-hydrogen) atoms. The van der Waals surface area contributed by atoms with Crippen molar-refractivity contribution >= 4 is 21.8 Å². The molecular weight excluding hydrogens is 325 g/mol. The summed E-state index contributed by atoms with van der Waals surface area (Å²) in [5.41, 5.74) is 0.898. The highest BCUT2D eigenvalue weighted by atomic mass is 79.9. The van der Waals surface area contributed by atoms with Crippen molar-refractivity contribution in [3.8, 4) is 5.75 Å². The summed E-state index contributed by atoms with van der Waals surface area (Å²) in [5, 5.41) is 2.68. The zero-order valence-corrected chi connectivity index (χ0v) is 12.4. The van der Waals surface area contributed by atoms with Crippen molar-refractivity contribution in [1.82, 2.24) is 5.32 Å². The number of hydrogen-bond acceptors (Lipinski definition) is 2. The molecule has 0 heterocycles. The van der Waals surface area contributed by atoms with E-state index < -0.39 is 0 Å². The first kappa shape index (κ1) is 14.5. The van der Waals surface area contributed by atoms with E-state index in [1.165, 1.54) is 13.2 Å². The number of rotatable bonds is 4. The summed E-state index contributed by atoms with van der Waals surface area (Å²) in [6.07, 6.45) is 0. The van der Waals surface area contributed by atoms with Gasteiger partial charge in [-0.15, -0.1) is 0 Å². The van der Waals surface area contributed by atoms with Crippen molar-refractivity contribution in [3.63, 3.8) is 0 Å². The highest BCUT2D eigenvalue weighted by Gasteiger charge is 2.08. The van der Waals surface area contributed by atoms with E-state index in [0.29, 0.717) is 16.9 Å². The molecule has 2 rings (SSSR count). The Morgan fingerprint density at radius 1 is 1.30 bits per heavy atom. The number of amides is 1. The van der Waals surface area contributed by atoms with E-state index in [2.05, 4.69) is 21.2 Å². The van der Waals surface area contributed by atoms with E-state index in [1.807, 2.05) is 0 Å². The zero-order valence-electron chi connectivity index (χ0n) is 10.8. The van der Waals surface area contributed by atoms with Crippen LogP contribution >= 0.6 is 15.9 Å². The Balaban J connectivity index is 2.06. The molecule has 3 nitrogen and oxygen atoms in total. The maximum absolute atomic E-state index is 13.5.